The van der Waals surface area contributed by atoms with Gasteiger partial charge < -0.3 is 10.1 Å². The van der Waals surface area contributed by atoms with Crippen LogP contribution in [0.4, 0.5) is 4.39 Å². The number of hydrogen-bond acceptors (Lipinski definition) is 2. The van der Waals surface area contributed by atoms with Crippen molar-refractivity contribution in [3.8, 4) is 17.6 Å². The van der Waals surface area contributed by atoms with Crippen LogP contribution in [0.15, 0.2) is 24.3 Å². The fraction of sp³-hybridized carbons (Fsp3) is 0.500. The van der Waals surface area contributed by atoms with Crippen molar-refractivity contribution in [1.29, 1.82) is 0 Å². The molecule has 3 nitrogen and oxygen atoms in total. The number of benzene rings is 1. The van der Waals surface area contributed by atoms with Crippen molar-refractivity contribution in [2.75, 3.05) is 13.2 Å². The first-order chi connectivity index (χ1) is 10.7. The number of amides is 1. The molecule has 0 aliphatic heterocycles. The average molecular weight is 305 g/mol. The van der Waals surface area contributed by atoms with Crippen molar-refractivity contribution < 1.29 is 13.9 Å². The summed E-state index contributed by atoms with van der Waals surface area (Å²) in [5.41, 5.74) is 0. The van der Waals surface area contributed by atoms with Gasteiger partial charge in [0.2, 0.25) is 5.91 Å². The van der Waals surface area contributed by atoms with E-state index in [4.69, 9.17) is 4.74 Å². The zero-order valence-electron chi connectivity index (χ0n) is 13.3. The Balaban J connectivity index is 2.29. The van der Waals surface area contributed by atoms with Crippen LogP contribution in [0.2, 0.25) is 0 Å². The lowest BCUT2D eigenvalue weighted by molar-refractivity contribution is -0.125. The van der Waals surface area contributed by atoms with E-state index in [0.29, 0.717) is 6.54 Å². The van der Waals surface area contributed by atoms with Crippen LogP contribution in [0.3, 0.4) is 0 Å². The van der Waals surface area contributed by atoms with E-state index in [1.165, 1.54) is 6.07 Å². The van der Waals surface area contributed by atoms with Crippen LogP contribution in [0.1, 0.15) is 39.5 Å². The van der Waals surface area contributed by atoms with Gasteiger partial charge in [-0.05, 0) is 25.0 Å². The summed E-state index contributed by atoms with van der Waals surface area (Å²) in [5, 5.41) is 2.82. The minimum atomic E-state index is -0.403. The molecular formula is C18H24FNO2. The van der Waals surface area contributed by atoms with Crippen molar-refractivity contribution in [2.45, 2.75) is 39.5 Å². The van der Waals surface area contributed by atoms with Gasteiger partial charge >= 0.3 is 0 Å². The lowest BCUT2D eigenvalue weighted by Gasteiger charge is -2.13. The van der Waals surface area contributed by atoms with Crippen LogP contribution < -0.4 is 10.1 Å². The Morgan fingerprint density at radius 2 is 1.91 bits per heavy atom. The van der Waals surface area contributed by atoms with Gasteiger partial charge in [-0.2, -0.15) is 0 Å². The number of carbonyl (C=O) groups excluding carboxylic acids is 1. The highest BCUT2D eigenvalue weighted by molar-refractivity contribution is 5.78. The number of ether oxygens (including phenoxy) is 1. The van der Waals surface area contributed by atoms with Crippen molar-refractivity contribution in [3.05, 3.63) is 30.1 Å². The number of para-hydroxylation sites is 1. The molecule has 0 fully saturated rings. The zero-order valence-corrected chi connectivity index (χ0v) is 13.3. The third-order valence-electron chi connectivity index (χ3n) is 3.26. The molecule has 0 spiro atoms. The monoisotopic (exact) mass is 305 g/mol. The summed E-state index contributed by atoms with van der Waals surface area (Å²) in [6.45, 7) is 4.55. The minimum Gasteiger partial charge on any atom is -0.478 e. The maximum atomic E-state index is 13.3. The normalized spacial score (nSPS) is 10.0. The third-order valence-corrected chi connectivity index (χ3v) is 3.26. The Bertz CT molecular complexity index is 513. The van der Waals surface area contributed by atoms with Crippen LogP contribution in [-0.4, -0.2) is 19.1 Å². The summed E-state index contributed by atoms with van der Waals surface area (Å²) in [6, 6.07) is 6.20. The van der Waals surface area contributed by atoms with Gasteiger partial charge in [-0.15, -0.1) is 0 Å². The number of rotatable bonds is 8. The summed E-state index contributed by atoms with van der Waals surface area (Å²) in [5.74, 6) is 5.50. The maximum Gasteiger partial charge on any atom is 0.223 e. The molecule has 0 aromatic heterocycles. The minimum absolute atomic E-state index is 0.0630. The van der Waals surface area contributed by atoms with E-state index in [1.54, 1.807) is 18.2 Å². The number of halogens is 1. The largest absolute Gasteiger partial charge is 0.478 e. The molecule has 4 heteroatoms. The summed E-state index contributed by atoms with van der Waals surface area (Å²) >= 11 is 0. The van der Waals surface area contributed by atoms with Gasteiger partial charge in [0.1, 0.15) is 6.61 Å². The molecular weight excluding hydrogens is 281 g/mol. The average Bonchev–Trinajstić information content (AvgIpc) is 2.52. The van der Waals surface area contributed by atoms with Gasteiger partial charge in [0, 0.05) is 5.92 Å². The van der Waals surface area contributed by atoms with Crippen LogP contribution in [0.5, 0.6) is 5.75 Å². The van der Waals surface area contributed by atoms with E-state index in [0.717, 1.165) is 25.7 Å². The van der Waals surface area contributed by atoms with Crippen LogP contribution in [-0.2, 0) is 4.79 Å². The summed E-state index contributed by atoms with van der Waals surface area (Å²) in [7, 11) is 0. The smallest absolute Gasteiger partial charge is 0.223 e. The van der Waals surface area contributed by atoms with E-state index in [1.807, 2.05) is 0 Å². The molecule has 1 rings (SSSR count). The maximum absolute atomic E-state index is 13.3. The lowest BCUT2D eigenvalue weighted by atomic mass is 9.97. The summed E-state index contributed by atoms with van der Waals surface area (Å²) < 4.78 is 18.5. The SMILES string of the molecule is CCCC(CCC)C(=O)NCC#CCOc1ccccc1F. The molecule has 1 aromatic carbocycles. The Labute approximate surface area is 132 Å². The van der Waals surface area contributed by atoms with Crippen LogP contribution in [0.25, 0.3) is 0 Å². The molecule has 1 aromatic rings. The fourth-order valence-corrected chi connectivity index (χ4v) is 2.17. The molecule has 0 radical (unpaired) electrons. The van der Waals surface area contributed by atoms with E-state index in [-0.39, 0.29) is 24.2 Å². The number of hydrogen-bond donors (Lipinski definition) is 1. The molecule has 0 atom stereocenters. The molecule has 1 N–H and O–H groups in total. The van der Waals surface area contributed by atoms with Crippen molar-refractivity contribution >= 4 is 5.91 Å². The highest BCUT2D eigenvalue weighted by Gasteiger charge is 2.15. The number of carbonyl (C=O) groups is 1. The Hall–Kier alpha value is -2.02. The molecule has 0 aliphatic carbocycles. The molecule has 0 aliphatic rings. The van der Waals surface area contributed by atoms with Gasteiger partial charge in [-0.25, -0.2) is 4.39 Å². The van der Waals surface area contributed by atoms with E-state index < -0.39 is 5.82 Å². The fourth-order valence-electron chi connectivity index (χ4n) is 2.17. The van der Waals surface area contributed by atoms with Gasteiger partial charge in [-0.1, -0.05) is 50.7 Å². The quantitative estimate of drug-likeness (QED) is 0.746. The highest BCUT2D eigenvalue weighted by atomic mass is 19.1. The van der Waals surface area contributed by atoms with Crippen molar-refractivity contribution in [3.63, 3.8) is 0 Å². The second-order valence-corrected chi connectivity index (χ2v) is 5.06. The molecule has 120 valence electrons. The summed E-state index contributed by atoms with van der Waals surface area (Å²) in [6.07, 6.45) is 3.81. The first-order valence-corrected chi connectivity index (χ1v) is 7.79. The summed E-state index contributed by atoms with van der Waals surface area (Å²) in [4.78, 5) is 12.0. The standard InChI is InChI=1S/C18H24FNO2/c1-3-9-15(10-4-2)18(21)20-13-7-8-14-22-17-12-6-5-11-16(17)19/h5-6,11-12,15H,3-4,9-10,13-14H2,1-2H3,(H,20,21). The first kappa shape index (κ1) is 18.0. The predicted molar refractivity (Wildman–Crippen MR) is 86.0 cm³/mol. The lowest BCUT2D eigenvalue weighted by Crippen LogP contribution is -2.31. The topological polar surface area (TPSA) is 38.3 Å². The van der Waals surface area contributed by atoms with E-state index in [2.05, 4.69) is 31.0 Å². The molecule has 0 unspecified atom stereocenters. The van der Waals surface area contributed by atoms with Gasteiger partial charge in [0.05, 0.1) is 6.54 Å². The van der Waals surface area contributed by atoms with Crippen LogP contribution in [0, 0.1) is 23.6 Å². The van der Waals surface area contributed by atoms with E-state index >= 15 is 0 Å². The van der Waals surface area contributed by atoms with Crippen LogP contribution >= 0.6 is 0 Å². The predicted octanol–water partition coefficient (Wildman–Crippen LogP) is 3.54. The second-order valence-electron chi connectivity index (χ2n) is 5.06. The van der Waals surface area contributed by atoms with Crippen molar-refractivity contribution in [1.82, 2.24) is 5.32 Å². The Morgan fingerprint density at radius 3 is 2.55 bits per heavy atom. The zero-order chi connectivity index (χ0) is 16.2. The van der Waals surface area contributed by atoms with Gasteiger partial charge in [0.15, 0.2) is 11.6 Å². The second kappa shape index (κ2) is 10.7. The van der Waals surface area contributed by atoms with Gasteiger partial charge in [0.25, 0.3) is 0 Å². The molecule has 0 heterocycles. The third kappa shape index (κ3) is 6.62. The Morgan fingerprint density at radius 1 is 1.23 bits per heavy atom. The molecule has 22 heavy (non-hydrogen) atoms. The molecule has 0 bridgehead atoms. The molecule has 0 saturated heterocycles. The highest BCUT2D eigenvalue weighted by Crippen LogP contribution is 2.15. The van der Waals surface area contributed by atoms with Gasteiger partial charge in [-0.3, -0.25) is 4.79 Å². The molecule has 1 amide bonds. The first-order valence-electron chi connectivity index (χ1n) is 7.79. The molecule has 0 saturated carbocycles. The number of nitrogens with one attached hydrogen (secondary N) is 1. The Kier molecular flexibility index (Phi) is 8.74. The van der Waals surface area contributed by atoms with E-state index in [9.17, 15) is 9.18 Å². The van der Waals surface area contributed by atoms with Crippen molar-refractivity contribution in [2.24, 2.45) is 5.92 Å².